The minimum Gasteiger partial charge on any atom is -0.335 e. The van der Waals surface area contributed by atoms with Gasteiger partial charge in [0, 0.05) is 31.4 Å². The van der Waals surface area contributed by atoms with Crippen molar-refractivity contribution in [2.45, 2.75) is 26.8 Å². The molecule has 0 radical (unpaired) electrons. The van der Waals surface area contributed by atoms with Crippen LogP contribution in [0.25, 0.3) is 0 Å². The standard InChI is InChI=1S/C11H19N3O/c1-4-14-6-5-13-11(14)7-10(15)9(2)8-12-3/h5-6,9,12H,4,7-8H2,1-3H3. The van der Waals surface area contributed by atoms with Crippen molar-refractivity contribution < 1.29 is 4.79 Å². The van der Waals surface area contributed by atoms with Crippen molar-refractivity contribution >= 4 is 5.78 Å². The van der Waals surface area contributed by atoms with Gasteiger partial charge in [0.2, 0.25) is 0 Å². The Morgan fingerprint density at radius 2 is 2.40 bits per heavy atom. The quantitative estimate of drug-likeness (QED) is 0.756. The van der Waals surface area contributed by atoms with Crippen LogP contribution >= 0.6 is 0 Å². The Labute approximate surface area is 90.7 Å². The molecular weight excluding hydrogens is 190 g/mol. The fraction of sp³-hybridized carbons (Fsp3) is 0.636. The molecule has 1 aromatic rings. The van der Waals surface area contributed by atoms with Crippen LogP contribution in [0.15, 0.2) is 12.4 Å². The molecule has 0 aliphatic carbocycles. The third-order valence-electron chi connectivity index (χ3n) is 2.53. The van der Waals surface area contributed by atoms with Crippen LogP contribution in [0.5, 0.6) is 0 Å². The van der Waals surface area contributed by atoms with Crippen LogP contribution in [-0.2, 0) is 17.8 Å². The smallest absolute Gasteiger partial charge is 0.144 e. The molecule has 0 spiro atoms. The molecule has 4 nitrogen and oxygen atoms in total. The van der Waals surface area contributed by atoms with Gasteiger partial charge in [0.25, 0.3) is 0 Å². The van der Waals surface area contributed by atoms with Gasteiger partial charge >= 0.3 is 0 Å². The highest BCUT2D eigenvalue weighted by molar-refractivity contribution is 5.82. The van der Waals surface area contributed by atoms with Gasteiger partial charge in [-0.05, 0) is 14.0 Å². The first kappa shape index (κ1) is 11.9. The molecule has 1 aromatic heterocycles. The van der Waals surface area contributed by atoms with Gasteiger partial charge in [0.05, 0.1) is 6.42 Å². The minimum atomic E-state index is 0.0528. The Balaban J connectivity index is 2.58. The number of rotatable bonds is 6. The Morgan fingerprint density at radius 1 is 1.67 bits per heavy atom. The summed E-state index contributed by atoms with van der Waals surface area (Å²) in [6.07, 6.45) is 4.09. The monoisotopic (exact) mass is 209 g/mol. The van der Waals surface area contributed by atoms with E-state index in [1.165, 1.54) is 0 Å². The number of hydrogen-bond donors (Lipinski definition) is 1. The van der Waals surface area contributed by atoms with E-state index in [1.807, 2.05) is 31.7 Å². The maximum atomic E-state index is 11.8. The van der Waals surface area contributed by atoms with Gasteiger partial charge in [-0.25, -0.2) is 4.98 Å². The van der Waals surface area contributed by atoms with Crippen LogP contribution in [0.4, 0.5) is 0 Å². The maximum Gasteiger partial charge on any atom is 0.144 e. The Morgan fingerprint density at radius 3 is 3.00 bits per heavy atom. The van der Waals surface area contributed by atoms with Crippen molar-refractivity contribution in [1.82, 2.24) is 14.9 Å². The summed E-state index contributed by atoms with van der Waals surface area (Å²) < 4.78 is 2.00. The van der Waals surface area contributed by atoms with Crippen molar-refractivity contribution in [3.63, 3.8) is 0 Å². The molecule has 0 fully saturated rings. The van der Waals surface area contributed by atoms with Crippen LogP contribution in [0.2, 0.25) is 0 Å². The van der Waals surface area contributed by atoms with Crippen LogP contribution in [0.3, 0.4) is 0 Å². The molecule has 15 heavy (non-hydrogen) atoms. The number of imidazole rings is 1. The molecule has 84 valence electrons. The second-order valence-corrected chi connectivity index (χ2v) is 3.73. The van der Waals surface area contributed by atoms with Crippen molar-refractivity contribution in [3.05, 3.63) is 18.2 Å². The highest BCUT2D eigenvalue weighted by atomic mass is 16.1. The number of aryl methyl sites for hydroxylation is 1. The van der Waals surface area contributed by atoms with Gasteiger partial charge in [-0.1, -0.05) is 6.92 Å². The molecule has 0 aliphatic heterocycles. The molecule has 1 atom stereocenters. The number of Topliss-reactive ketones (excluding diaryl/α,β-unsaturated/α-hetero) is 1. The predicted molar refractivity (Wildman–Crippen MR) is 59.7 cm³/mol. The summed E-state index contributed by atoms with van der Waals surface area (Å²) in [5, 5.41) is 3.01. The SMILES string of the molecule is CCn1ccnc1CC(=O)C(C)CNC. The molecule has 1 N–H and O–H groups in total. The Bertz CT molecular complexity index is 319. The van der Waals surface area contributed by atoms with E-state index >= 15 is 0 Å². The summed E-state index contributed by atoms with van der Waals surface area (Å²) in [5.74, 6) is 1.16. The normalized spacial score (nSPS) is 12.7. The summed E-state index contributed by atoms with van der Waals surface area (Å²) >= 11 is 0. The number of hydrogen-bond acceptors (Lipinski definition) is 3. The number of carbonyl (C=O) groups is 1. The first-order valence-electron chi connectivity index (χ1n) is 5.36. The predicted octanol–water partition coefficient (Wildman–Crippen LogP) is 0.870. The van der Waals surface area contributed by atoms with Gasteiger partial charge in [-0.2, -0.15) is 0 Å². The number of nitrogens with zero attached hydrogens (tertiary/aromatic N) is 2. The molecule has 1 rings (SSSR count). The van der Waals surface area contributed by atoms with E-state index in [0.29, 0.717) is 6.42 Å². The molecule has 0 amide bonds. The van der Waals surface area contributed by atoms with Crippen LogP contribution in [0, 0.1) is 5.92 Å². The zero-order chi connectivity index (χ0) is 11.3. The van der Waals surface area contributed by atoms with Crippen molar-refractivity contribution in [3.8, 4) is 0 Å². The van der Waals surface area contributed by atoms with Gasteiger partial charge in [-0.15, -0.1) is 0 Å². The lowest BCUT2D eigenvalue weighted by atomic mass is 10.0. The molecule has 4 heteroatoms. The lowest BCUT2D eigenvalue weighted by Crippen LogP contribution is -2.25. The van der Waals surface area contributed by atoms with Gasteiger partial charge in [-0.3, -0.25) is 4.79 Å². The second-order valence-electron chi connectivity index (χ2n) is 3.73. The molecule has 1 unspecified atom stereocenters. The Kier molecular flexibility index (Phi) is 4.49. The van der Waals surface area contributed by atoms with E-state index in [2.05, 4.69) is 10.3 Å². The van der Waals surface area contributed by atoms with Crippen LogP contribution in [0.1, 0.15) is 19.7 Å². The van der Waals surface area contributed by atoms with E-state index in [9.17, 15) is 4.79 Å². The molecular formula is C11H19N3O. The third kappa shape index (κ3) is 3.16. The third-order valence-corrected chi connectivity index (χ3v) is 2.53. The molecule has 1 heterocycles. The maximum absolute atomic E-state index is 11.8. The Hall–Kier alpha value is -1.16. The van der Waals surface area contributed by atoms with E-state index in [-0.39, 0.29) is 11.7 Å². The number of carbonyl (C=O) groups excluding carboxylic acids is 1. The number of nitrogens with one attached hydrogen (secondary N) is 1. The van der Waals surface area contributed by atoms with E-state index < -0.39 is 0 Å². The number of aromatic nitrogens is 2. The fourth-order valence-electron chi connectivity index (χ4n) is 1.55. The van der Waals surface area contributed by atoms with Crippen molar-refractivity contribution in [2.24, 2.45) is 5.92 Å². The summed E-state index contributed by atoms with van der Waals surface area (Å²) in [6, 6.07) is 0. The van der Waals surface area contributed by atoms with E-state index in [0.717, 1.165) is 18.9 Å². The van der Waals surface area contributed by atoms with E-state index in [1.54, 1.807) is 6.20 Å². The van der Waals surface area contributed by atoms with Gasteiger partial charge in [0.1, 0.15) is 11.6 Å². The first-order chi connectivity index (χ1) is 7.19. The summed E-state index contributed by atoms with van der Waals surface area (Å²) in [5.41, 5.74) is 0. The highest BCUT2D eigenvalue weighted by Gasteiger charge is 2.14. The van der Waals surface area contributed by atoms with Crippen molar-refractivity contribution in [1.29, 1.82) is 0 Å². The summed E-state index contributed by atoms with van der Waals surface area (Å²) in [4.78, 5) is 16.0. The zero-order valence-electron chi connectivity index (χ0n) is 9.66. The van der Waals surface area contributed by atoms with Crippen molar-refractivity contribution in [2.75, 3.05) is 13.6 Å². The average molecular weight is 209 g/mol. The molecule has 0 saturated carbocycles. The topological polar surface area (TPSA) is 46.9 Å². The summed E-state index contributed by atoms with van der Waals surface area (Å²) in [6.45, 7) is 5.58. The zero-order valence-corrected chi connectivity index (χ0v) is 9.66. The molecule has 0 saturated heterocycles. The number of ketones is 1. The minimum absolute atomic E-state index is 0.0528. The molecule has 0 aromatic carbocycles. The molecule has 0 bridgehead atoms. The summed E-state index contributed by atoms with van der Waals surface area (Å²) in [7, 11) is 1.86. The largest absolute Gasteiger partial charge is 0.335 e. The lowest BCUT2D eigenvalue weighted by molar-refractivity contribution is -0.121. The first-order valence-corrected chi connectivity index (χ1v) is 5.36. The fourth-order valence-corrected chi connectivity index (χ4v) is 1.55. The average Bonchev–Trinajstić information content (AvgIpc) is 2.65. The van der Waals surface area contributed by atoms with Gasteiger partial charge in [0.15, 0.2) is 0 Å². The van der Waals surface area contributed by atoms with E-state index in [4.69, 9.17) is 0 Å². The second kappa shape index (κ2) is 5.66. The molecule has 0 aliphatic rings. The lowest BCUT2D eigenvalue weighted by Gasteiger charge is -2.09. The highest BCUT2D eigenvalue weighted by Crippen LogP contribution is 2.04. The van der Waals surface area contributed by atoms with Crippen LogP contribution < -0.4 is 5.32 Å². The van der Waals surface area contributed by atoms with Crippen LogP contribution in [-0.4, -0.2) is 28.9 Å². The van der Waals surface area contributed by atoms with Gasteiger partial charge < -0.3 is 9.88 Å².